The SMILES string of the molecule is CC(C)(C)OC(=O)N1Cc2ccccc2-n2c(nnc2[C@H]2CC[C@H](Oc3cccnn3)CC2)C1Cl. The van der Waals surface area contributed by atoms with Crippen molar-refractivity contribution in [2.75, 3.05) is 0 Å². The van der Waals surface area contributed by atoms with Crippen LogP contribution in [-0.2, 0) is 11.3 Å². The number of carbonyl (C=O) groups is 1. The minimum absolute atomic E-state index is 0.0881. The van der Waals surface area contributed by atoms with Gasteiger partial charge in [0.1, 0.15) is 17.5 Å². The maximum atomic E-state index is 13.0. The standard InChI is InChI=1S/C25H29ClN6O3/c1-25(2,3)35-24(33)31-15-17-7-4-5-8-19(17)32-22(29-30-23(32)21(31)26)16-10-12-18(13-11-16)34-20-9-6-14-27-28-20/h4-9,14,16,18,21H,10-13,15H2,1-3H3/t16-,18-,21?. The molecule has 3 heterocycles. The maximum Gasteiger partial charge on any atom is 0.412 e. The largest absolute Gasteiger partial charge is 0.473 e. The van der Waals surface area contributed by atoms with Gasteiger partial charge in [0.15, 0.2) is 11.3 Å². The van der Waals surface area contributed by atoms with Crippen molar-refractivity contribution in [1.82, 2.24) is 29.9 Å². The molecule has 35 heavy (non-hydrogen) atoms. The van der Waals surface area contributed by atoms with Crippen molar-refractivity contribution in [3.63, 3.8) is 0 Å². The topological polar surface area (TPSA) is 95.3 Å². The molecule has 1 fully saturated rings. The molecule has 0 bridgehead atoms. The minimum Gasteiger partial charge on any atom is -0.473 e. The number of halogens is 1. The molecule has 2 aliphatic rings. The first kappa shape index (κ1) is 23.5. The van der Waals surface area contributed by atoms with Gasteiger partial charge in [-0.15, -0.1) is 15.3 Å². The summed E-state index contributed by atoms with van der Waals surface area (Å²) in [7, 11) is 0. The molecule has 1 aromatic carbocycles. The number of amides is 1. The van der Waals surface area contributed by atoms with E-state index in [1.807, 2.05) is 61.7 Å². The van der Waals surface area contributed by atoms with Crippen molar-refractivity contribution in [1.29, 1.82) is 0 Å². The van der Waals surface area contributed by atoms with Crippen LogP contribution in [0.25, 0.3) is 5.69 Å². The first-order valence-corrected chi connectivity index (χ1v) is 12.4. The van der Waals surface area contributed by atoms with Crippen molar-refractivity contribution in [2.45, 2.75) is 76.1 Å². The van der Waals surface area contributed by atoms with E-state index in [-0.39, 0.29) is 12.0 Å². The summed E-state index contributed by atoms with van der Waals surface area (Å²) in [6.45, 7) is 5.83. The molecule has 184 valence electrons. The first-order chi connectivity index (χ1) is 16.8. The molecule has 3 aromatic rings. The van der Waals surface area contributed by atoms with Crippen molar-refractivity contribution in [3.8, 4) is 11.6 Å². The van der Waals surface area contributed by atoms with Crippen LogP contribution in [0.2, 0.25) is 0 Å². The number of rotatable bonds is 3. The molecule has 1 atom stereocenters. The second kappa shape index (κ2) is 9.45. The van der Waals surface area contributed by atoms with Crippen LogP contribution in [0.5, 0.6) is 5.88 Å². The molecule has 0 spiro atoms. The summed E-state index contributed by atoms with van der Waals surface area (Å²) in [5.41, 5.74) is 0.458. The number of hydrogen-bond donors (Lipinski definition) is 0. The number of carbonyl (C=O) groups excluding carboxylic acids is 1. The Hall–Kier alpha value is -3.20. The Morgan fingerprint density at radius 1 is 1.00 bits per heavy atom. The molecular weight excluding hydrogens is 468 g/mol. The van der Waals surface area contributed by atoms with Gasteiger partial charge in [-0.3, -0.25) is 9.47 Å². The molecule has 5 rings (SSSR count). The van der Waals surface area contributed by atoms with Crippen molar-refractivity contribution < 1.29 is 14.3 Å². The monoisotopic (exact) mass is 496 g/mol. The fourth-order valence-electron chi connectivity index (χ4n) is 4.68. The summed E-state index contributed by atoms with van der Waals surface area (Å²) in [5, 5.41) is 17.0. The van der Waals surface area contributed by atoms with Gasteiger partial charge in [-0.25, -0.2) is 4.79 Å². The predicted octanol–water partition coefficient (Wildman–Crippen LogP) is 5.15. The van der Waals surface area contributed by atoms with E-state index >= 15 is 0 Å². The van der Waals surface area contributed by atoms with E-state index in [4.69, 9.17) is 21.1 Å². The lowest BCUT2D eigenvalue weighted by Gasteiger charge is -2.29. The number of fused-ring (bicyclic) bond motifs is 3. The van der Waals surface area contributed by atoms with Gasteiger partial charge in [0.25, 0.3) is 0 Å². The quantitative estimate of drug-likeness (QED) is 0.365. The molecule has 2 aromatic heterocycles. The van der Waals surface area contributed by atoms with Gasteiger partial charge in [-0.2, -0.15) is 5.10 Å². The molecule has 1 saturated carbocycles. The zero-order valence-electron chi connectivity index (χ0n) is 20.1. The summed E-state index contributed by atoms with van der Waals surface area (Å²) in [6, 6.07) is 11.6. The van der Waals surface area contributed by atoms with E-state index in [2.05, 4.69) is 20.4 Å². The number of benzene rings is 1. The van der Waals surface area contributed by atoms with Gasteiger partial charge in [-0.1, -0.05) is 29.8 Å². The second-order valence-electron chi connectivity index (χ2n) is 9.98. The van der Waals surface area contributed by atoms with Gasteiger partial charge in [0.2, 0.25) is 5.88 Å². The van der Waals surface area contributed by atoms with Gasteiger partial charge in [-0.05, 0) is 64.2 Å². The number of nitrogens with zero attached hydrogens (tertiary/aromatic N) is 6. The van der Waals surface area contributed by atoms with E-state index in [9.17, 15) is 4.79 Å². The van der Waals surface area contributed by atoms with Gasteiger partial charge < -0.3 is 9.47 Å². The van der Waals surface area contributed by atoms with Crippen LogP contribution in [0, 0.1) is 0 Å². The van der Waals surface area contributed by atoms with Gasteiger partial charge in [0.05, 0.1) is 12.2 Å². The average Bonchev–Trinajstić information content (AvgIpc) is 3.22. The van der Waals surface area contributed by atoms with E-state index in [0.717, 1.165) is 42.8 Å². The minimum atomic E-state index is -0.810. The number of alkyl halides is 1. The lowest BCUT2D eigenvalue weighted by Crippen LogP contribution is -2.37. The van der Waals surface area contributed by atoms with Gasteiger partial charge in [0, 0.05) is 18.2 Å². The zero-order chi connectivity index (χ0) is 24.6. The van der Waals surface area contributed by atoms with Crippen LogP contribution in [0.4, 0.5) is 4.79 Å². The molecule has 1 aliphatic carbocycles. The summed E-state index contributed by atoms with van der Waals surface area (Å²) >= 11 is 6.87. The highest BCUT2D eigenvalue weighted by Gasteiger charge is 2.38. The molecule has 1 aliphatic heterocycles. The van der Waals surface area contributed by atoms with Gasteiger partial charge >= 0.3 is 6.09 Å². The Bertz CT molecular complexity index is 1190. The molecule has 0 radical (unpaired) electrons. The van der Waals surface area contributed by atoms with E-state index in [1.54, 1.807) is 6.20 Å². The molecule has 10 heteroatoms. The van der Waals surface area contributed by atoms with Crippen LogP contribution in [0.15, 0.2) is 42.6 Å². The van der Waals surface area contributed by atoms with Crippen LogP contribution in [0.3, 0.4) is 0 Å². The Morgan fingerprint density at radius 3 is 2.46 bits per heavy atom. The van der Waals surface area contributed by atoms with Crippen LogP contribution < -0.4 is 4.74 Å². The predicted molar refractivity (Wildman–Crippen MR) is 129 cm³/mol. The average molecular weight is 497 g/mol. The highest BCUT2D eigenvalue weighted by Crippen LogP contribution is 2.40. The molecule has 1 amide bonds. The first-order valence-electron chi connectivity index (χ1n) is 11.9. The lowest BCUT2D eigenvalue weighted by molar-refractivity contribution is 0.0201. The Kier molecular flexibility index (Phi) is 6.35. The summed E-state index contributed by atoms with van der Waals surface area (Å²) < 4.78 is 13.7. The fourth-order valence-corrected chi connectivity index (χ4v) is 4.97. The fraction of sp³-hybridized carbons (Fsp3) is 0.480. The number of para-hydroxylation sites is 1. The van der Waals surface area contributed by atoms with Crippen molar-refractivity contribution in [3.05, 3.63) is 59.8 Å². The second-order valence-corrected chi connectivity index (χ2v) is 10.4. The molecular formula is C25H29ClN6O3. The van der Waals surface area contributed by atoms with Crippen LogP contribution in [0.1, 0.15) is 75.1 Å². The molecule has 1 unspecified atom stereocenters. The third-order valence-electron chi connectivity index (χ3n) is 6.28. The highest BCUT2D eigenvalue weighted by molar-refractivity contribution is 6.21. The number of hydrogen-bond acceptors (Lipinski definition) is 7. The van der Waals surface area contributed by atoms with E-state index in [0.29, 0.717) is 18.2 Å². The van der Waals surface area contributed by atoms with Crippen molar-refractivity contribution >= 4 is 17.7 Å². The normalized spacial score (nSPS) is 22.1. The number of ether oxygens (including phenoxy) is 2. The summed E-state index contributed by atoms with van der Waals surface area (Å²) in [5.74, 6) is 2.13. The molecule has 0 saturated heterocycles. The highest BCUT2D eigenvalue weighted by atomic mass is 35.5. The number of aromatic nitrogens is 5. The molecule has 0 N–H and O–H groups in total. The Morgan fingerprint density at radius 2 is 1.74 bits per heavy atom. The van der Waals surface area contributed by atoms with E-state index in [1.165, 1.54) is 4.90 Å². The maximum absolute atomic E-state index is 13.0. The third kappa shape index (κ3) is 4.96. The summed E-state index contributed by atoms with van der Waals surface area (Å²) in [4.78, 5) is 14.5. The lowest BCUT2D eigenvalue weighted by atomic mass is 9.86. The van der Waals surface area contributed by atoms with Crippen LogP contribution >= 0.6 is 11.6 Å². The zero-order valence-corrected chi connectivity index (χ0v) is 20.9. The third-order valence-corrected chi connectivity index (χ3v) is 6.71. The van der Waals surface area contributed by atoms with Crippen molar-refractivity contribution in [2.24, 2.45) is 0 Å². The smallest absolute Gasteiger partial charge is 0.412 e. The Balaban J connectivity index is 1.41. The van der Waals surface area contributed by atoms with E-state index < -0.39 is 17.2 Å². The summed E-state index contributed by atoms with van der Waals surface area (Å²) in [6.07, 6.45) is 4.78. The van der Waals surface area contributed by atoms with Crippen LogP contribution in [-0.4, -0.2) is 47.7 Å². The Labute approximate surface area is 209 Å². The molecule has 9 nitrogen and oxygen atoms in total.